The van der Waals surface area contributed by atoms with Gasteiger partial charge < -0.3 is 5.11 Å². The number of benzene rings is 1. The predicted octanol–water partition coefficient (Wildman–Crippen LogP) is 2.28. The standard InChI is InChI=1S/C11H13FO/c12-10-5-2-1-4-9(10)8-11(13)6-3-7-11/h1-2,4-5,13H,3,6-8H2. The normalized spacial score (nSPS) is 19.5. The van der Waals surface area contributed by atoms with Gasteiger partial charge >= 0.3 is 0 Å². The van der Waals surface area contributed by atoms with Gasteiger partial charge in [0.1, 0.15) is 5.82 Å². The number of rotatable bonds is 2. The van der Waals surface area contributed by atoms with Crippen molar-refractivity contribution in [2.75, 3.05) is 0 Å². The Morgan fingerprint density at radius 1 is 1.31 bits per heavy atom. The molecule has 70 valence electrons. The zero-order valence-electron chi connectivity index (χ0n) is 7.46. The number of hydrogen-bond acceptors (Lipinski definition) is 1. The van der Waals surface area contributed by atoms with Gasteiger partial charge in [-0.1, -0.05) is 18.2 Å². The Hall–Kier alpha value is -0.890. The van der Waals surface area contributed by atoms with Crippen LogP contribution in [0.25, 0.3) is 0 Å². The number of halogens is 1. The minimum Gasteiger partial charge on any atom is -0.390 e. The second-order valence-corrected chi connectivity index (χ2v) is 3.85. The molecule has 2 rings (SSSR count). The van der Waals surface area contributed by atoms with Gasteiger partial charge in [0.05, 0.1) is 5.60 Å². The smallest absolute Gasteiger partial charge is 0.126 e. The Morgan fingerprint density at radius 2 is 2.00 bits per heavy atom. The molecule has 0 bridgehead atoms. The van der Waals surface area contributed by atoms with Crippen LogP contribution in [0.4, 0.5) is 4.39 Å². The molecule has 0 heterocycles. The minimum absolute atomic E-state index is 0.206. The summed E-state index contributed by atoms with van der Waals surface area (Å²) in [6.45, 7) is 0. The van der Waals surface area contributed by atoms with Crippen molar-refractivity contribution in [3.63, 3.8) is 0 Å². The lowest BCUT2D eigenvalue weighted by Gasteiger charge is -2.36. The zero-order valence-corrected chi connectivity index (χ0v) is 7.46. The Kier molecular flexibility index (Phi) is 2.08. The highest BCUT2D eigenvalue weighted by molar-refractivity contribution is 5.20. The van der Waals surface area contributed by atoms with E-state index in [1.54, 1.807) is 18.2 Å². The van der Waals surface area contributed by atoms with E-state index in [1.807, 2.05) is 0 Å². The predicted molar refractivity (Wildman–Crippen MR) is 48.9 cm³/mol. The van der Waals surface area contributed by atoms with E-state index in [4.69, 9.17) is 0 Å². The van der Waals surface area contributed by atoms with Crippen molar-refractivity contribution in [2.45, 2.75) is 31.3 Å². The van der Waals surface area contributed by atoms with Gasteiger partial charge in [-0.05, 0) is 30.9 Å². The van der Waals surface area contributed by atoms with Crippen molar-refractivity contribution < 1.29 is 9.50 Å². The van der Waals surface area contributed by atoms with E-state index in [0.717, 1.165) is 19.3 Å². The Balaban J connectivity index is 2.13. The Bertz CT molecular complexity index is 305. The summed E-state index contributed by atoms with van der Waals surface area (Å²) in [7, 11) is 0. The van der Waals surface area contributed by atoms with Crippen molar-refractivity contribution in [1.82, 2.24) is 0 Å². The molecule has 0 amide bonds. The van der Waals surface area contributed by atoms with Gasteiger partial charge in [-0.3, -0.25) is 0 Å². The van der Waals surface area contributed by atoms with Gasteiger partial charge in [0, 0.05) is 6.42 Å². The van der Waals surface area contributed by atoms with Gasteiger partial charge in [-0.15, -0.1) is 0 Å². The fourth-order valence-electron chi connectivity index (χ4n) is 1.76. The first-order valence-corrected chi connectivity index (χ1v) is 4.65. The zero-order chi connectivity index (χ0) is 9.31. The van der Waals surface area contributed by atoms with E-state index in [2.05, 4.69) is 0 Å². The van der Waals surface area contributed by atoms with Crippen molar-refractivity contribution in [1.29, 1.82) is 0 Å². The molecular formula is C11H13FO. The highest BCUT2D eigenvalue weighted by Crippen LogP contribution is 2.34. The average molecular weight is 180 g/mol. The third kappa shape index (κ3) is 1.73. The summed E-state index contributed by atoms with van der Waals surface area (Å²) in [5.41, 5.74) is 0.00653. The number of aliphatic hydroxyl groups is 1. The Morgan fingerprint density at radius 3 is 2.54 bits per heavy atom. The van der Waals surface area contributed by atoms with Crippen LogP contribution in [0.15, 0.2) is 24.3 Å². The summed E-state index contributed by atoms with van der Waals surface area (Å²) in [5.74, 6) is -0.206. The first-order chi connectivity index (χ1) is 6.20. The monoisotopic (exact) mass is 180 g/mol. The van der Waals surface area contributed by atoms with Crippen molar-refractivity contribution in [3.05, 3.63) is 35.6 Å². The molecule has 0 saturated heterocycles. The molecule has 1 aromatic rings. The van der Waals surface area contributed by atoms with Crippen LogP contribution in [0.2, 0.25) is 0 Å². The first kappa shape index (κ1) is 8.70. The highest BCUT2D eigenvalue weighted by atomic mass is 19.1. The van der Waals surface area contributed by atoms with Gasteiger partial charge in [0.25, 0.3) is 0 Å². The molecule has 13 heavy (non-hydrogen) atoms. The summed E-state index contributed by atoms with van der Waals surface area (Å²) < 4.78 is 13.2. The second-order valence-electron chi connectivity index (χ2n) is 3.85. The molecule has 1 saturated carbocycles. The van der Waals surface area contributed by atoms with Gasteiger partial charge in [0.15, 0.2) is 0 Å². The van der Waals surface area contributed by atoms with Crippen LogP contribution in [-0.4, -0.2) is 10.7 Å². The van der Waals surface area contributed by atoms with Crippen molar-refractivity contribution >= 4 is 0 Å². The Labute approximate surface area is 77.2 Å². The lowest BCUT2D eigenvalue weighted by atomic mass is 9.76. The SMILES string of the molecule is OC1(Cc2ccccc2F)CCC1. The molecule has 1 nitrogen and oxygen atoms in total. The highest BCUT2D eigenvalue weighted by Gasteiger charge is 2.34. The molecule has 0 spiro atoms. The largest absolute Gasteiger partial charge is 0.390 e. The summed E-state index contributed by atoms with van der Waals surface area (Å²) >= 11 is 0. The van der Waals surface area contributed by atoms with E-state index in [0.29, 0.717) is 12.0 Å². The maximum atomic E-state index is 13.2. The molecule has 0 aromatic heterocycles. The molecule has 1 N–H and O–H groups in total. The molecule has 2 heteroatoms. The minimum atomic E-state index is -0.623. The van der Waals surface area contributed by atoms with Crippen molar-refractivity contribution in [2.24, 2.45) is 0 Å². The topological polar surface area (TPSA) is 20.2 Å². The summed E-state index contributed by atoms with van der Waals surface area (Å²) in [6, 6.07) is 6.66. The molecule has 0 atom stereocenters. The second kappa shape index (κ2) is 3.11. The van der Waals surface area contributed by atoms with Gasteiger partial charge in [-0.2, -0.15) is 0 Å². The maximum absolute atomic E-state index is 13.2. The van der Waals surface area contributed by atoms with Crippen LogP contribution in [-0.2, 0) is 6.42 Å². The lowest BCUT2D eigenvalue weighted by Crippen LogP contribution is -2.39. The third-order valence-corrected chi connectivity index (χ3v) is 2.76. The van der Waals surface area contributed by atoms with Crippen LogP contribution >= 0.6 is 0 Å². The summed E-state index contributed by atoms with van der Waals surface area (Å²) in [4.78, 5) is 0. The van der Waals surface area contributed by atoms with Crippen LogP contribution in [0.5, 0.6) is 0 Å². The van der Waals surface area contributed by atoms with Crippen LogP contribution < -0.4 is 0 Å². The molecule has 1 fully saturated rings. The molecule has 1 aliphatic rings. The van der Waals surface area contributed by atoms with E-state index < -0.39 is 5.60 Å². The molecule has 0 radical (unpaired) electrons. The fourth-order valence-corrected chi connectivity index (χ4v) is 1.76. The van der Waals surface area contributed by atoms with E-state index >= 15 is 0 Å². The van der Waals surface area contributed by atoms with E-state index in [1.165, 1.54) is 6.07 Å². The third-order valence-electron chi connectivity index (χ3n) is 2.76. The molecule has 1 aliphatic carbocycles. The number of hydrogen-bond donors (Lipinski definition) is 1. The van der Waals surface area contributed by atoms with Gasteiger partial charge in [-0.25, -0.2) is 4.39 Å². The van der Waals surface area contributed by atoms with Gasteiger partial charge in [0.2, 0.25) is 0 Å². The molecule has 0 aliphatic heterocycles. The van der Waals surface area contributed by atoms with Crippen molar-refractivity contribution in [3.8, 4) is 0 Å². The first-order valence-electron chi connectivity index (χ1n) is 4.65. The summed E-state index contributed by atoms with van der Waals surface area (Å²) in [5, 5.41) is 9.82. The quantitative estimate of drug-likeness (QED) is 0.740. The van der Waals surface area contributed by atoms with E-state index in [-0.39, 0.29) is 5.82 Å². The lowest BCUT2D eigenvalue weighted by molar-refractivity contribution is -0.0329. The summed E-state index contributed by atoms with van der Waals surface area (Å²) in [6.07, 6.45) is 3.13. The fraction of sp³-hybridized carbons (Fsp3) is 0.455. The molecule has 0 unspecified atom stereocenters. The maximum Gasteiger partial charge on any atom is 0.126 e. The molecule has 1 aromatic carbocycles. The van der Waals surface area contributed by atoms with Crippen LogP contribution in [0.1, 0.15) is 24.8 Å². The van der Waals surface area contributed by atoms with Crippen LogP contribution in [0.3, 0.4) is 0 Å². The van der Waals surface area contributed by atoms with E-state index in [9.17, 15) is 9.50 Å². The average Bonchev–Trinajstić information content (AvgIpc) is 2.06. The van der Waals surface area contributed by atoms with Crippen LogP contribution in [0, 0.1) is 5.82 Å². The molecular weight excluding hydrogens is 167 g/mol.